The molecule has 18 heavy (non-hydrogen) atoms. The van der Waals surface area contributed by atoms with E-state index in [9.17, 15) is 0 Å². The number of aromatic nitrogens is 1. The van der Waals surface area contributed by atoms with Gasteiger partial charge in [-0.05, 0) is 32.0 Å². The first-order chi connectivity index (χ1) is 8.60. The molecule has 1 aromatic carbocycles. The van der Waals surface area contributed by atoms with Crippen LogP contribution in [0.2, 0.25) is 0 Å². The molecule has 0 atom stereocenters. The van der Waals surface area contributed by atoms with E-state index in [4.69, 9.17) is 5.26 Å². The summed E-state index contributed by atoms with van der Waals surface area (Å²) in [4.78, 5) is 5.70. The molecule has 0 unspecified atom stereocenters. The summed E-state index contributed by atoms with van der Waals surface area (Å²) < 4.78 is 0.908. The number of halogens is 1. The van der Waals surface area contributed by atoms with Crippen LogP contribution in [0.4, 0.5) is 5.69 Å². The highest BCUT2D eigenvalue weighted by atomic mass is 79.9. The summed E-state index contributed by atoms with van der Waals surface area (Å²) >= 11 is 5.04. The smallest absolute Gasteiger partial charge is 0.112 e. The Morgan fingerprint density at radius 3 is 2.83 bits per heavy atom. The number of nitrogens with one attached hydrogen (secondary N) is 1. The van der Waals surface area contributed by atoms with E-state index in [1.807, 2.05) is 19.1 Å². The molecule has 2 rings (SSSR count). The number of benzene rings is 1. The summed E-state index contributed by atoms with van der Waals surface area (Å²) in [7, 11) is 0. The summed E-state index contributed by atoms with van der Waals surface area (Å²) in [5.74, 6) is 0. The topological polar surface area (TPSA) is 48.7 Å². The normalized spacial score (nSPS) is 10.1. The first-order valence-electron chi connectivity index (χ1n) is 5.46. The Kier molecular flexibility index (Phi) is 4.00. The van der Waals surface area contributed by atoms with Gasteiger partial charge in [0.15, 0.2) is 0 Å². The van der Waals surface area contributed by atoms with Crippen LogP contribution >= 0.6 is 27.3 Å². The van der Waals surface area contributed by atoms with Crippen LogP contribution in [0.3, 0.4) is 0 Å². The fourth-order valence-corrected chi connectivity index (χ4v) is 2.78. The predicted octanol–water partition coefficient (Wildman–Crippen LogP) is 4.01. The molecule has 0 saturated carbocycles. The van der Waals surface area contributed by atoms with Gasteiger partial charge in [0, 0.05) is 9.35 Å². The van der Waals surface area contributed by atoms with E-state index in [2.05, 4.69) is 39.2 Å². The van der Waals surface area contributed by atoms with Crippen molar-refractivity contribution in [3.63, 3.8) is 0 Å². The van der Waals surface area contributed by atoms with E-state index in [1.54, 1.807) is 17.4 Å². The summed E-state index contributed by atoms with van der Waals surface area (Å²) in [6.45, 7) is 4.72. The standard InChI is InChI=1S/C13H12BrN3S/c1-8-9(2)18-13(17-8)7-16-12-4-3-11(14)5-10(12)6-15/h3-5,16H,7H2,1-2H3. The molecular formula is C13H12BrN3S. The molecule has 5 heteroatoms. The zero-order chi connectivity index (χ0) is 13.1. The largest absolute Gasteiger partial charge is 0.377 e. The second-order valence-electron chi connectivity index (χ2n) is 3.90. The number of thiazole rings is 1. The van der Waals surface area contributed by atoms with Crippen molar-refractivity contribution in [2.24, 2.45) is 0 Å². The fraction of sp³-hybridized carbons (Fsp3) is 0.231. The molecule has 0 amide bonds. The van der Waals surface area contributed by atoms with Gasteiger partial charge in [0.1, 0.15) is 11.1 Å². The zero-order valence-corrected chi connectivity index (χ0v) is 12.5. The van der Waals surface area contributed by atoms with Gasteiger partial charge in [0.25, 0.3) is 0 Å². The van der Waals surface area contributed by atoms with Crippen molar-refractivity contribution in [3.05, 3.63) is 43.8 Å². The molecule has 92 valence electrons. The highest BCUT2D eigenvalue weighted by molar-refractivity contribution is 9.10. The minimum absolute atomic E-state index is 0.634. The van der Waals surface area contributed by atoms with Crippen molar-refractivity contribution in [2.45, 2.75) is 20.4 Å². The molecule has 0 radical (unpaired) electrons. The van der Waals surface area contributed by atoms with E-state index >= 15 is 0 Å². The van der Waals surface area contributed by atoms with Gasteiger partial charge < -0.3 is 5.32 Å². The maximum atomic E-state index is 9.06. The van der Waals surface area contributed by atoms with Crippen LogP contribution in [0.5, 0.6) is 0 Å². The molecule has 0 aliphatic heterocycles. The summed E-state index contributed by atoms with van der Waals surface area (Å²) in [5.41, 5.74) is 2.55. The quantitative estimate of drug-likeness (QED) is 0.929. The minimum atomic E-state index is 0.634. The van der Waals surface area contributed by atoms with E-state index in [1.165, 1.54) is 4.88 Å². The molecular weight excluding hydrogens is 310 g/mol. The van der Waals surface area contributed by atoms with Gasteiger partial charge in [0.05, 0.1) is 23.5 Å². The van der Waals surface area contributed by atoms with Crippen molar-refractivity contribution in [2.75, 3.05) is 5.32 Å². The Morgan fingerprint density at radius 1 is 1.44 bits per heavy atom. The molecule has 1 aromatic heterocycles. The molecule has 0 fully saturated rings. The van der Waals surface area contributed by atoms with Gasteiger partial charge in [-0.25, -0.2) is 4.98 Å². The third-order valence-electron chi connectivity index (χ3n) is 2.60. The van der Waals surface area contributed by atoms with Crippen molar-refractivity contribution in [3.8, 4) is 6.07 Å². The van der Waals surface area contributed by atoms with Crippen molar-refractivity contribution in [1.29, 1.82) is 5.26 Å². The second-order valence-corrected chi connectivity index (χ2v) is 6.11. The number of anilines is 1. The highest BCUT2D eigenvalue weighted by Crippen LogP contribution is 2.22. The first kappa shape index (κ1) is 13.1. The molecule has 0 bridgehead atoms. The first-order valence-corrected chi connectivity index (χ1v) is 7.07. The summed E-state index contributed by atoms with van der Waals surface area (Å²) in [6.07, 6.45) is 0. The minimum Gasteiger partial charge on any atom is -0.377 e. The maximum absolute atomic E-state index is 9.06. The lowest BCUT2D eigenvalue weighted by molar-refractivity contribution is 1.07. The Labute approximate surface area is 119 Å². The van der Waals surface area contributed by atoms with Crippen molar-refractivity contribution in [1.82, 2.24) is 4.98 Å². The SMILES string of the molecule is Cc1nc(CNc2ccc(Br)cc2C#N)sc1C. The van der Waals surface area contributed by atoms with Crippen LogP contribution in [0.15, 0.2) is 22.7 Å². The lowest BCUT2D eigenvalue weighted by Crippen LogP contribution is -2.00. The third kappa shape index (κ3) is 2.89. The van der Waals surface area contributed by atoms with Gasteiger partial charge in [-0.2, -0.15) is 5.26 Å². The van der Waals surface area contributed by atoms with Crippen LogP contribution in [-0.4, -0.2) is 4.98 Å². The van der Waals surface area contributed by atoms with Crippen LogP contribution in [0, 0.1) is 25.2 Å². The van der Waals surface area contributed by atoms with E-state index in [0.717, 1.165) is 20.9 Å². The second kappa shape index (κ2) is 5.51. The van der Waals surface area contributed by atoms with E-state index in [0.29, 0.717) is 12.1 Å². The van der Waals surface area contributed by atoms with E-state index in [-0.39, 0.29) is 0 Å². The summed E-state index contributed by atoms with van der Waals surface area (Å²) in [5, 5.41) is 13.4. The fourth-order valence-electron chi connectivity index (χ4n) is 1.55. The maximum Gasteiger partial charge on any atom is 0.112 e. The lowest BCUT2D eigenvalue weighted by atomic mass is 10.2. The van der Waals surface area contributed by atoms with Crippen molar-refractivity contribution < 1.29 is 0 Å². The van der Waals surface area contributed by atoms with Gasteiger partial charge in [-0.1, -0.05) is 15.9 Å². The molecule has 2 aromatic rings. The Bertz CT molecular complexity index is 594. The number of nitriles is 1. The van der Waals surface area contributed by atoms with Gasteiger partial charge in [-0.3, -0.25) is 0 Å². The molecule has 1 heterocycles. The van der Waals surface area contributed by atoms with Crippen LogP contribution in [0.25, 0.3) is 0 Å². The predicted molar refractivity (Wildman–Crippen MR) is 77.8 cm³/mol. The Morgan fingerprint density at radius 2 is 2.22 bits per heavy atom. The number of nitrogens with zero attached hydrogens (tertiary/aromatic N) is 2. The average molecular weight is 322 g/mol. The zero-order valence-electron chi connectivity index (χ0n) is 10.1. The monoisotopic (exact) mass is 321 g/mol. The number of hydrogen-bond acceptors (Lipinski definition) is 4. The lowest BCUT2D eigenvalue weighted by Gasteiger charge is -2.06. The molecule has 1 N–H and O–H groups in total. The Balaban J connectivity index is 2.13. The number of hydrogen-bond donors (Lipinski definition) is 1. The molecule has 0 spiro atoms. The average Bonchev–Trinajstić information content (AvgIpc) is 2.67. The number of rotatable bonds is 3. The van der Waals surface area contributed by atoms with Gasteiger partial charge in [-0.15, -0.1) is 11.3 Å². The molecule has 0 aliphatic carbocycles. The van der Waals surface area contributed by atoms with Crippen LogP contribution in [0.1, 0.15) is 21.1 Å². The van der Waals surface area contributed by atoms with Crippen LogP contribution in [-0.2, 0) is 6.54 Å². The molecule has 0 aliphatic rings. The number of aryl methyl sites for hydroxylation is 2. The van der Waals surface area contributed by atoms with Crippen molar-refractivity contribution >= 4 is 33.0 Å². The summed E-state index contributed by atoms with van der Waals surface area (Å²) in [6, 6.07) is 7.80. The highest BCUT2D eigenvalue weighted by Gasteiger charge is 2.06. The van der Waals surface area contributed by atoms with E-state index < -0.39 is 0 Å². The molecule has 3 nitrogen and oxygen atoms in total. The third-order valence-corrected chi connectivity index (χ3v) is 4.17. The molecule has 0 saturated heterocycles. The Hall–Kier alpha value is -1.38. The van der Waals surface area contributed by atoms with Gasteiger partial charge in [0.2, 0.25) is 0 Å². The van der Waals surface area contributed by atoms with Gasteiger partial charge >= 0.3 is 0 Å². The van der Waals surface area contributed by atoms with Crippen LogP contribution < -0.4 is 5.32 Å².